The Morgan fingerprint density at radius 2 is 1.95 bits per heavy atom. The molecule has 106 valence electrons. The van der Waals surface area contributed by atoms with E-state index in [0.29, 0.717) is 10.9 Å². The molecule has 3 N–H and O–H groups in total. The zero-order chi connectivity index (χ0) is 14.0. The van der Waals surface area contributed by atoms with Gasteiger partial charge in [-0.2, -0.15) is 0 Å². The Balaban J connectivity index is 2.03. The number of hydrogen-bond acceptors (Lipinski definition) is 5. The first kappa shape index (κ1) is 14.4. The first-order valence-electron chi connectivity index (χ1n) is 6.77. The molecule has 1 heterocycles. The van der Waals surface area contributed by atoms with E-state index < -0.39 is 0 Å². The average molecular weight is 282 g/mol. The van der Waals surface area contributed by atoms with Crippen LogP contribution < -0.4 is 11.1 Å². The molecule has 6 heteroatoms. The lowest BCUT2D eigenvalue weighted by Crippen LogP contribution is -2.40. The van der Waals surface area contributed by atoms with Crippen LogP contribution in [0.3, 0.4) is 0 Å². The molecule has 0 aromatic carbocycles. The Kier molecular flexibility index (Phi) is 4.20. The van der Waals surface area contributed by atoms with Gasteiger partial charge in [-0.3, -0.25) is 4.79 Å². The van der Waals surface area contributed by atoms with Crippen molar-refractivity contribution in [3.63, 3.8) is 0 Å². The van der Waals surface area contributed by atoms with Gasteiger partial charge in [-0.1, -0.05) is 25.3 Å². The highest BCUT2D eigenvalue weighted by Gasteiger charge is 2.28. The van der Waals surface area contributed by atoms with Crippen LogP contribution in [0, 0.1) is 0 Å². The van der Waals surface area contributed by atoms with E-state index in [9.17, 15) is 4.79 Å². The summed E-state index contributed by atoms with van der Waals surface area (Å²) >= 11 is 1.18. The maximum Gasteiger partial charge on any atom is 0.265 e. The van der Waals surface area contributed by atoms with Gasteiger partial charge in [0.1, 0.15) is 4.88 Å². The second-order valence-corrected chi connectivity index (χ2v) is 7.04. The van der Waals surface area contributed by atoms with Gasteiger partial charge in [0.05, 0.1) is 5.69 Å². The van der Waals surface area contributed by atoms with Gasteiger partial charge in [0.25, 0.3) is 5.91 Å². The molecule has 0 unspecified atom stereocenters. The van der Waals surface area contributed by atoms with Crippen LogP contribution in [-0.2, 0) is 5.41 Å². The van der Waals surface area contributed by atoms with Crippen LogP contribution in [0.5, 0.6) is 0 Å². The van der Waals surface area contributed by atoms with Crippen molar-refractivity contribution in [2.45, 2.75) is 64.0 Å². The summed E-state index contributed by atoms with van der Waals surface area (Å²) in [5.74, 6) is -0.0413. The van der Waals surface area contributed by atoms with E-state index in [1.165, 1.54) is 11.5 Å². The van der Waals surface area contributed by atoms with Gasteiger partial charge in [-0.15, -0.1) is 5.10 Å². The minimum absolute atomic E-state index is 0.0413. The van der Waals surface area contributed by atoms with Gasteiger partial charge in [-0.05, 0) is 37.2 Å². The van der Waals surface area contributed by atoms with Crippen LogP contribution >= 0.6 is 11.5 Å². The Bertz CT molecular complexity index is 444. The third-order valence-corrected chi connectivity index (χ3v) is 4.24. The van der Waals surface area contributed by atoms with E-state index in [1.807, 2.05) is 20.8 Å². The van der Waals surface area contributed by atoms with E-state index in [-0.39, 0.29) is 17.4 Å². The fourth-order valence-corrected chi connectivity index (χ4v) is 3.12. The van der Waals surface area contributed by atoms with Crippen molar-refractivity contribution in [3.05, 3.63) is 10.6 Å². The lowest BCUT2D eigenvalue weighted by molar-refractivity contribution is 0.0927. The third kappa shape index (κ3) is 3.51. The molecule has 0 atom stereocenters. The van der Waals surface area contributed by atoms with Crippen molar-refractivity contribution in [1.29, 1.82) is 0 Å². The van der Waals surface area contributed by atoms with Crippen LogP contribution in [0.25, 0.3) is 0 Å². The summed E-state index contributed by atoms with van der Waals surface area (Å²) < 4.78 is 3.93. The lowest BCUT2D eigenvalue weighted by Gasteiger charge is -2.27. The van der Waals surface area contributed by atoms with Crippen molar-refractivity contribution in [2.75, 3.05) is 0 Å². The molecule has 1 aromatic rings. The summed E-state index contributed by atoms with van der Waals surface area (Å²) in [6.45, 7) is 6.13. The fraction of sp³-hybridized carbons (Fsp3) is 0.769. The second kappa shape index (κ2) is 5.54. The molecule has 2 rings (SSSR count). The number of hydrogen-bond donors (Lipinski definition) is 2. The predicted molar refractivity (Wildman–Crippen MR) is 76.3 cm³/mol. The maximum absolute atomic E-state index is 12.3. The molecular weight excluding hydrogens is 260 g/mol. The van der Waals surface area contributed by atoms with Gasteiger partial charge in [0.2, 0.25) is 0 Å². The molecule has 0 spiro atoms. The number of carbonyl (C=O) groups is 1. The SMILES string of the molecule is CC(C)(C)c1nnsc1C(=O)NC1CCC(N)CC1. The molecule has 1 aromatic heterocycles. The number of rotatable bonds is 2. The number of nitrogens with zero attached hydrogens (tertiary/aromatic N) is 2. The molecule has 0 bridgehead atoms. The largest absolute Gasteiger partial charge is 0.348 e. The Morgan fingerprint density at radius 3 is 2.53 bits per heavy atom. The minimum Gasteiger partial charge on any atom is -0.348 e. The summed E-state index contributed by atoms with van der Waals surface area (Å²) in [7, 11) is 0. The summed E-state index contributed by atoms with van der Waals surface area (Å²) in [5.41, 5.74) is 6.49. The number of nitrogens with one attached hydrogen (secondary N) is 1. The average Bonchev–Trinajstić information content (AvgIpc) is 2.81. The summed E-state index contributed by atoms with van der Waals surface area (Å²) in [5, 5.41) is 7.19. The second-order valence-electron chi connectivity index (χ2n) is 6.29. The molecular formula is C13H22N4OS. The summed E-state index contributed by atoms with van der Waals surface area (Å²) in [6.07, 6.45) is 3.89. The minimum atomic E-state index is -0.158. The fourth-order valence-electron chi connectivity index (χ4n) is 2.34. The van der Waals surface area contributed by atoms with E-state index in [1.54, 1.807) is 0 Å². The predicted octanol–water partition coefficient (Wildman–Crippen LogP) is 1.84. The number of aromatic nitrogens is 2. The van der Waals surface area contributed by atoms with E-state index in [2.05, 4.69) is 14.9 Å². The van der Waals surface area contributed by atoms with Crippen molar-refractivity contribution >= 4 is 17.4 Å². The zero-order valence-electron chi connectivity index (χ0n) is 11.8. The van der Waals surface area contributed by atoms with Crippen molar-refractivity contribution < 1.29 is 4.79 Å². The van der Waals surface area contributed by atoms with Gasteiger partial charge in [0, 0.05) is 17.5 Å². The molecule has 1 aliphatic carbocycles. The Labute approximate surface area is 118 Å². The van der Waals surface area contributed by atoms with E-state index >= 15 is 0 Å². The smallest absolute Gasteiger partial charge is 0.265 e. The van der Waals surface area contributed by atoms with Gasteiger partial charge in [0.15, 0.2) is 0 Å². The van der Waals surface area contributed by atoms with Gasteiger partial charge in [-0.25, -0.2) is 0 Å². The zero-order valence-corrected chi connectivity index (χ0v) is 12.6. The van der Waals surface area contributed by atoms with Gasteiger partial charge >= 0.3 is 0 Å². The maximum atomic E-state index is 12.3. The lowest BCUT2D eigenvalue weighted by atomic mass is 9.90. The molecule has 19 heavy (non-hydrogen) atoms. The molecule has 1 fully saturated rings. The molecule has 1 saturated carbocycles. The molecule has 1 amide bonds. The van der Waals surface area contributed by atoms with Crippen LogP contribution in [0.4, 0.5) is 0 Å². The molecule has 1 aliphatic rings. The highest BCUT2D eigenvalue weighted by Crippen LogP contribution is 2.26. The molecule has 5 nitrogen and oxygen atoms in total. The number of amides is 1. The highest BCUT2D eigenvalue weighted by molar-refractivity contribution is 7.08. The summed E-state index contributed by atoms with van der Waals surface area (Å²) in [6, 6.07) is 0.533. The van der Waals surface area contributed by atoms with Crippen molar-refractivity contribution in [3.8, 4) is 0 Å². The van der Waals surface area contributed by atoms with Crippen LogP contribution in [0.15, 0.2) is 0 Å². The normalized spacial score (nSPS) is 24.2. The van der Waals surface area contributed by atoms with E-state index in [0.717, 1.165) is 31.4 Å². The van der Waals surface area contributed by atoms with E-state index in [4.69, 9.17) is 5.73 Å². The van der Waals surface area contributed by atoms with Gasteiger partial charge < -0.3 is 11.1 Å². The summed E-state index contributed by atoms with van der Waals surface area (Å²) in [4.78, 5) is 13.0. The standard InChI is InChI=1S/C13H22N4OS/c1-13(2,3)11-10(19-17-16-11)12(18)15-9-6-4-8(14)5-7-9/h8-9H,4-7,14H2,1-3H3,(H,15,18). The van der Waals surface area contributed by atoms with Crippen LogP contribution in [0.1, 0.15) is 61.8 Å². The molecule has 0 aliphatic heterocycles. The first-order valence-corrected chi connectivity index (χ1v) is 7.54. The third-order valence-electron chi connectivity index (χ3n) is 3.51. The number of nitrogens with two attached hydrogens (primary N) is 1. The van der Waals surface area contributed by atoms with Crippen molar-refractivity contribution in [2.24, 2.45) is 5.73 Å². The Hall–Kier alpha value is -1.01. The topological polar surface area (TPSA) is 80.9 Å². The highest BCUT2D eigenvalue weighted by atomic mass is 32.1. The number of carbonyl (C=O) groups excluding carboxylic acids is 1. The van der Waals surface area contributed by atoms with Crippen LogP contribution in [-0.4, -0.2) is 27.6 Å². The molecule has 0 saturated heterocycles. The first-order chi connectivity index (χ1) is 8.88. The Morgan fingerprint density at radius 1 is 1.32 bits per heavy atom. The quantitative estimate of drug-likeness (QED) is 0.867. The van der Waals surface area contributed by atoms with Crippen LogP contribution in [0.2, 0.25) is 0 Å². The monoisotopic (exact) mass is 282 g/mol. The molecule has 0 radical (unpaired) electrons. The van der Waals surface area contributed by atoms with Crippen molar-refractivity contribution in [1.82, 2.24) is 14.9 Å².